The zero-order valence-corrected chi connectivity index (χ0v) is 12.5. The number of nitrogens with zero attached hydrogens (tertiary/aromatic N) is 1. The molecule has 2 saturated carbocycles. The van der Waals surface area contributed by atoms with Crippen LogP contribution in [0.1, 0.15) is 53.9 Å². The number of carbonyl (C=O) groups excluding carboxylic acids is 1. The molecule has 104 valence electrons. The number of amides is 1. The fraction of sp³-hybridized carbons (Fsp3) is 0.933. The molecule has 0 aromatic rings. The first-order valence-corrected chi connectivity index (χ1v) is 7.30. The van der Waals surface area contributed by atoms with Crippen LogP contribution in [0.2, 0.25) is 0 Å². The summed E-state index contributed by atoms with van der Waals surface area (Å²) in [5.74, 6) is 0.719. The van der Waals surface area contributed by atoms with E-state index < -0.39 is 0 Å². The second-order valence-corrected chi connectivity index (χ2v) is 6.85. The summed E-state index contributed by atoms with van der Waals surface area (Å²) in [7, 11) is 0. The Bertz CT molecular complexity index is 331. The molecule has 2 rings (SSSR count). The summed E-state index contributed by atoms with van der Waals surface area (Å²) in [6.07, 6.45) is 3.67. The molecule has 1 amide bonds. The van der Waals surface area contributed by atoms with Crippen LogP contribution in [-0.4, -0.2) is 30.2 Å². The van der Waals surface area contributed by atoms with Gasteiger partial charge in [0.25, 0.3) is 0 Å². The third-order valence-corrected chi connectivity index (χ3v) is 5.38. The normalized spacial score (nSPS) is 36.7. The number of ether oxygens (including phenoxy) is 1. The summed E-state index contributed by atoms with van der Waals surface area (Å²) in [5, 5.41) is 0. The first-order valence-electron chi connectivity index (χ1n) is 7.30. The molecule has 2 bridgehead atoms. The first-order chi connectivity index (χ1) is 8.35. The third-order valence-electron chi connectivity index (χ3n) is 5.38. The first kappa shape index (κ1) is 13.7. The van der Waals surface area contributed by atoms with Gasteiger partial charge < -0.3 is 9.64 Å². The SMILES string of the molecule is CCN(CC)C(=O)O[C@@H]1C(C)(C)[C@@H]2CC[C@]1(C)C2. The predicted molar refractivity (Wildman–Crippen MR) is 72.4 cm³/mol. The lowest BCUT2D eigenvalue weighted by Crippen LogP contribution is -2.46. The number of hydrogen-bond acceptors (Lipinski definition) is 2. The summed E-state index contributed by atoms with van der Waals surface area (Å²) < 4.78 is 5.89. The monoisotopic (exact) mass is 253 g/mol. The van der Waals surface area contributed by atoms with Gasteiger partial charge in [-0.15, -0.1) is 0 Å². The molecule has 0 aromatic heterocycles. The van der Waals surface area contributed by atoms with E-state index in [0.29, 0.717) is 0 Å². The van der Waals surface area contributed by atoms with Crippen molar-refractivity contribution >= 4 is 6.09 Å². The van der Waals surface area contributed by atoms with E-state index in [1.165, 1.54) is 19.3 Å². The van der Waals surface area contributed by atoms with Crippen LogP contribution in [0.4, 0.5) is 4.79 Å². The average molecular weight is 253 g/mol. The fourth-order valence-electron chi connectivity index (χ4n) is 4.21. The Balaban J connectivity index is 2.11. The van der Waals surface area contributed by atoms with Gasteiger partial charge in [0, 0.05) is 23.9 Å². The molecule has 2 fully saturated rings. The smallest absolute Gasteiger partial charge is 0.410 e. The van der Waals surface area contributed by atoms with Crippen molar-refractivity contribution in [2.24, 2.45) is 16.7 Å². The Labute approximate surface area is 111 Å². The maximum absolute atomic E-state index is 12.2. The van der Waals surface area contributed by atoms with Crippen LogP contribution < -0.4 is 0 Å². The van der Waals surface area contributed by atoms with Crippen molar-refractivity contribution in [2.75, 3.05) is 13.1 Å². The molecule has 0 N–H and O–H groups in total. The van der Waals surface area contributed by atoms with Crippen LogP contribution in [0.25, 0.3) is 0 Å². The molecule has 0 saturated heterocycles. The van der Waals surface area contributed by atoms with E-state index in [9.17, 15) is 4.79 Å². The minimum Gasteiger partial charge on any atom is -0.445 e. The highest BCUT2D eigenvalue weighted by Gasteiger charge is 2.61. The van der Waals surface area contributed by atoms with E-state index in [1.54, 1.807) is 4.90 Å². The van der Waals surface area contributed by atoms with Crippen molar-refractivity contribution in [1.82, 2.24) is 4.90 Å². The molecule has 2 aliphatic carbocycles. The Morgan fingerprint density at radius 2 is 1.89 bits per heavy atom. The zero-order chi connectivity index (χ0) is 13.6. The minimum absolute atomic E-state index is 0.0804. The van der Waals surface area contributed by atoms with Crippen LogP contribution in [0.3, 0.4) is 0 Å². The standard InChI is InChI=1S/C15H27NO2/c1-6-16(7-2)13(17)18-12-14(3,4)11-8-9-15(12,5)10-11/h11-12H,6-10H2,1-5H3/t11-,12-,15-/m1/s1. The topological polar surface area (TPSA) is 29.5 Å². The van der Waals surface area contributed by atoms with E-state index in [2.05, 4.69) is 20.8 Å². The molecule has 0 spiro atoms. The maximum Gasteiger partial charge on any atom is 0.410 e. The van der Waals surface area contributed by atoms with Crippen molar-refractivity contribution in [1.29, 1.82) is 0 Å². The molecule has 3 nitrogen and oxygen atoms in total. The van der Waals surface area contributed by atoms with Crippen LogP contribution in [-0.2, 0) is 4.74 Å². The maximum atomic E-state index is 12.2. The highest BCUT2D eigenvalue weighted by Crippen LogP contribution is 2.63. The van der Waals surface area contributed by atoms with Gasteiger partial charge in [0.05, 0.1) is 0 Å². The van der Waals surface area contributed by atoms with Crippen molar-refractivity contribution in [2.45, 2.75) is 60.0 Å². The quantitative estimate of drug-likeness (QED) is 0.768. The van der Waals surface area contributed by atoms with E-state index >= 15 is 0 Å². The van der Waals surface area contributed by atoms with Crippen molar-refractivity contribution in [3.05, 3.63) is 0 Å². The van der Waals surface area contributed by atoms with Crippen molar-refractivity contribution in [3.63, 3.8) is 0 Å². The second kappa shape index (κ2) is 4.43. The Morgan fingerprint density at radius 3 is 2.33 bits per heavy atom. The number of rotatable bonds is 3. The lowest BCUT2D eigenvalue weighted by molar-refractivity contribution is -0.0566. The molecule has 2 aliphatic rings. The van der Waals surface area contributed by atoms with Gasteiger partial charge in [0.15, 0.2) is 0 Å². The lowest BCUT2D eigenvalue weighted by Gasteiger charge is -2.42. The average Bonchev–Trinajstić information content (AvgIpc) is 2.77. The molecule has 3 atom stereocenters. The zero-order valence-electron chi connectivity index (χ0n) is 12.5. The molecule has 0 radical (unpaired) electrons. The summed E-state index contributed by atoms with van der Waals surface area (Å²) >= 11 is 0. The molecule has 18 heavy (non-hydrogen) atoms. The largest absolute Gasteiger partial charge is 0.445 e. The molecule has 0 heterocycles. The van der Waals surface area contributed by atoms with Crippen LogP contribution in [0.5, 0.6) is 0 Å². The van der Waals surface area contributed by atoms with Gasteiger partial charge in [-0.1, -0.05) is 20.8 Å². The summed E-state index contributed by atoms with van der Waals surface area (Å²) in [6.45, 7) is 12.3. The van der Waals surface area contributed by atoms with E-state index in [1.807, 2.05) is 13.8 Å². The van der Waals surface area contributed by atoms with Crippen molar-refractivity contribution < 1.29 is 9.53 Å². The van der Waals surface area contributed by atoms with Gasteiger partial charge in [-0.2, -0.15) is 0 Å². The third kappa shape index (κ3) is 1.92. The molecular formula is C15H27NO2. The van der Waals surface area contributed by atoms with Crippen LogP contribution in [0, 0.1) is 16.7 Å². The van der Waals surface area contributed by atoms with E-state index in [0.717, 1.165) is 19.0 Å². The predicted octanol–water partition coefficient (Wildman–Crippen LogP) is 3.68. The Kier molecular flexibility index (Phi) is 3.37. The molecular weight excluding hydrogens is 226 g/mol. The summed E-state index contributed by atoms with van der Waals surface area (Å²) in [5.41, 5.74) is 0.340. The summed E-state index contributed by atoms with van der Waals surface area (Å²) in [4.78, 5) is 13.9. The Hall–Kier alpha value is -0.730. The van der Waals surface area contributed by atoms with Crippen LogP contribution in [0.15, 0.2) is 0 Å². The van der Waals surface area contributed by atoms with Gasteiger partial charge in [0.1, 0.15) is 6.10 Å². The molecule has 0 aliphatic heterocycles. The number of carbonyl (C=O) groups is 1. The molecule has 0 aromatic carbocycles. The van der Waals surface area contributed by atoms with Gasteiger partial charge >= 0.3 is 6.09 Å². The highest BCUT2D eigenvalue weighted by atomic mass is 16.6. The van der Waals surface area contributed by atoms with Crippen LogP contribution >= 0.6 is 0 Å². The summed E-state index contributed by atoms with van der Waals surface area (Å²) in [6, 6.07) is 0. The number of hydrogen-bond donors (Lipinski definition) is 0. The second-order valence-electron chi connectivity index (χ2n) is 6.85. The highest BCUT2D eigenvalue weighted by molar-refractivity contribution is 5.68. The molecule has 3 heteroatoms. The fourth-order valence-corrected chi connectivity index (χ4v) is 4.21. The van der Waals surface area contributed by atoms with Gasteiger partial charge in [-0.25, -0.2) is 4.79 Å². The van der Waals surface area contributed by atoms with E-state index in [4.69, 9.17) is 4.74 Å². The van der Waals surface area contributed by atoms with E-state index in [-0.39, 0.29) is 23.0 Å². The molecule has 0 unspecified atom stereocenters. The Morgan fingerprint density at radius 1 is 1.28 bits per heavy atom. The number of fused-ring (bicyclic) bond motifs is 2. The van der Waals surface area contributed by atoms with Gasteiger partial charge in [-0.05, 0) is 39.0 Å². The van der Waals surface area contributed by atoms with Gasteiger partial charge in [-0.3, -0.25) is 0 Å². The minimum atomic E-state index is -0.133. The van der Waals surface area contributed by atoms with Gasteiger partial charge in [0.2, 0.25) is 0 Å². The lowest BCUT2D eigenvalue weighted by atomic mass is 9.70. The van der Waals surface area contributed by atoms with Crippen molar-refractivity contribution in [3.8, 4) is 0 Å².